The van der Waals surface area contributed by atoms with Gasteiger partial charge in [-0.1, -0.05) is 0 Å². The summed E-state index contributed by atoms with van der Waals surface area (Å²) in [6, 6.07) is 0.311. The summed E-state index contributed by atoms with van der Waals surface area (Å²) >= 11 is 0. The van der Waals surface area contributed by atoms with Crippen molar-refractivity contribution < 1.29 is 11.0 Å². The Bertz CT molecular complexity index is 108. The Hall–Kier alpha value is -0.700. The summed E-state index contributed by atoms with van der Waals surface area (Å²) < 4.78 is 0. The minimum Gasteiger partial charge on any atom is -0.317 e. The number of carbonyl (C=O) groups is 2. The molecule has 0 rings (SSSR count). The number of hydrogen-bond acceptors (Lipinski definition) is 3. The molecule has 0 aromatic rings. The zero-order valence-electron chi connectivity index (χ0n) is 6.88. The van der Waals surface area contributed by atoms with Crippen molar-refractivity contribution in [2.24, 2.45) is 0 Å². The Morgan fingerprint density at radius 1 is 1.27 bits per heavy atom. The lowest BCUT2D eigenvalue weighted by Crippen LogP contribution is -2.25. The van der Waals surface area contributed by atoms with Crippen LogP contribution >= 0.6 is 0 Å². The lowest BCUT2D eigenvalue weighted by atomic mass is 10.1. The Morgan fingerprint density at radius 3 is 2.00 bits per heavy atom. The van der Waals surface area contributed by atoms with Gasteiger partial charge in [0, 0.05) is 20.3 Å². The molecule has 0 fully saturated rings. The molecule has 0 aliphatic carbocycles. The first-order valence-electron chi connectivity index (χ1n) is 3.89. The van der Waals surface area contributed by atoms with Crippen LogP contribution in [0.5, 0.6) is 0 Å². The molecule has 66 valence electrons. The van der Waals surface area contributed by atoms with Crippen LogP contribution in [0.1, 0.15) is 27.1 Å². The highest BCUT2D eigenvalue weighted by atomic mass is 16.1. The minimum absolute atomic E-state index is 0. The molecule has 0 radical (unpaired) electrons. The van der Waals surface area contributed by atoms with Gasteiger partial charge in [-0.15, -0.1) is 0 Å². The van der Waals surface area contributed by atoms with Gasteiger partial charge in [0.25, 0.3) is 0 Å². The summed E-state index contributed by atoms with van der Waals surface area (Å²) in [7, 11) is 1.85. The number of aldehydes is 2. The lowest BCUT2D eigenvalue weighted by Gasteiger charge is -2.11. The van der Waals surface area contributed by atoms with E-state index in [1.165, 1.54) is 0 Å². The second-order valence-electron chi connectivity index (χ2n) is 2.47. The molecule has 0 bridgehead atoms. The second-order valence-corrected chi connectivity index (χ2v) is 2.47. The largest absolute Gasteiger partial charge is 0.317 e. The first-order chi connectivity index (χ1) is 5.35. The van der Waals surface area contributed by atoms with Crippen molar-refractivity contribution in [1.29, 1.82) is 0 Å². The van der Waals surface area contributed by atoms with E-state index < -0.39 is 0 Å². The summed E-state index contributed by atoms with van der Waals surface area (Å²) in [5.41, 5.74) is 0. The molecule has 0 unspecified atom stereocenters. The maximum atomic E-state index is 10.0. The molecule has 3 nitrogen and oxygen atoms in total. The molecule has 0 heterocycles. The fourth-order valence-electron chi connectivity index (χ4n) is 0.971. The van der Waals surface area contributed by atoms with Crippen LogP contribution in [0.3, 0.4) is 0 Å². The summed E-state index contributed by atoms with van der Waals surface area (Å²) in [6.07, 6.45) is 4.62. The molecule has 0 atom stereocenters. The molecular weight excluding hydrogens is 142 g/mol. The maximum Gasteiger partial charge on any atom is 0.120 e. The molecule has 3 heteroatoms. The predicted molar refractivity (Wildman–Crippen MR) is 45.6 cm³/mol. The molecule has 0 amide bonds. The van der Waals surface area contributed by atoms with E-state index in [1.807, 2.05) is 7.05 Å². The fourth-order valence-corrected chi connectivity index (χ4v) is 0.971. The monoisotopic (exact) mass is 159 g/mol. The van der Waals surface area contributed by atoms with Gasteiger partial charge < -0.3 is 14.9 Å². The van der Waals surface area contributed by atoms with Gasteiger partial charge in [-0.2, -0.15) is 0 Å². The Labute approximate surface area is 68.7 Å². The molecule has 0 spiro atoms. The zero-order chi connectivity index (χ0) is 8.53. The highest BCUT2D eigenvalue weighted by Crippen LogP contribution is 2.01. The number of rotatable bonds is 7. The third kappa shape index (κ3) is 5.73. The average Bonchev–Trinajstić information content (AvgIpc) is 2.05. The second kappa shape index (κ2) is 7.41. The average molecular weight is 159 g/mol. The van der Waals surface area contributed by atoms with Gasteiger partial charge in [-0.3, -0.25) is 0 Å². The summed E-state index contributed by atoms with van der Waals surface area (Å²) in [5, 5.41) is 3.05. The molecule has 11 heavy (non-hydrogen) atoms. The van der Waals surface area contributed by atoms with E-state index in [9.17, 15) is 9.59 Å². The highest BCUT2D eigenvalue weighted by molar-refractivity contribution is 5.50. The number of carbonyl (C=O) groups excluding carboxylic acids is 2. The van der Waals surface area contributed by atoms with Crippen molar-refractivity contribution >= 4 is 12.6 Å². The predicted octanol–water partition coefficient (Wildman–Crippen LogP) is 0.779. The Balaban J connectivity index is 0. The standard InChI is InChI=1S/C8H15NO2.H2/c1-9-8(4-2-6-10)5-3-7-11;/h6-9H,2-5H2,1H3;1H. The van der Waals surface area contributed by atoms with Crippen LogP contribution < -0.4 is 5.32 Å². The normalized spacial score (nSPS) is 10.0. The van der Waals surface area contributed by atoms with E-state index in [-0.39, 0.29) is 1.43 Å². The van der Waals surface area contributed by atoms with Crippen LogP contribution in [0.4, 0.5) is 0 Å². The molecule has 0 aliphatic heterocycles. The van der Waals surface area contributed by atoms with Gasteiger partial charge >= 0.3 is 0 Å². The third-order valence-electron chi connectivity index (χ3n) is 1.67. The van der Waals surface area contributed by atoms with Gasteiger partial charge in [-0.25, -0.2) is 0 Å². The van der Waals surface area contributed by atoms with Crippen LogP contribution in [-0.2, 0) is 9.59 Å². The Kier molecular flexibility index (Phi) is 6.94. The molecule has 0 aliphatic rings. The number of nitrogens with one attached hydrogen (secondary N) is 1. The van der Waals surface area contributed by atoms with Gasteiger partial charge in [0.1, 0.15) is 12.6 Å². The van der Waals surface area contributed by atoms with Crippen LogP contribution in [0, 0.1) is 0 Å². The van der Waals surface area contributed by atoms with E-state index in [0.717, 1.165) is 25.4 Å². The molecule has 0 aromatic carbocycles. The lowest BCUT2D eigenvalue weighted by molar-refractivity contribution is -0.108. The topological polar surface area (TPSA) is 46.2 Å². The van der Waals surface area contributed by atoms with Crippen molar-refractivity contribution in [3.05, 3.63) is 0 Å². The van der Waals surface area contributed by atoms with Gasteiger partial charge in [0.2, 0.25) is 0 Å². The maximum absolute atomic E-state index is 10.0. The minimum atomic E-state index is 0. The first-order valence-corrected chi connectivity index (χ1v) is 3.89. The molecule has 0 aromatic heterocycles. The van der Waals surface area contributed by atoms with Crippen molar-refractivity contribution in [1.82, 2.24) is 5.32 Å². The molecular formula is C8H17NO2. The number of hydrogen-bond donors (Lipinski definition) is 1. The van der Waals surface area contributed by atoms with E-state index in [2.05, 4.69) is 5.32 Å². The summed E-state index contributed by atoms with van der Waals surface area (Å²) in [5.74, 6) is 0. The van der Waals surface area contributed by atoms with Gasteiger partial charge in [0.15, 0.2) is 0 Å². The third-order valence-corrected chi connectivity index (χ3v) is 1.67. The van der Waals surface area contributed by atoms with E-state index in [4.69, 9.17) is 0 Å². The fraction of sp³-hybridized carbons (Fsp3) is 0.750. The molecule has 1 N–H and O–H groups in total. The van der Waals surface area contributed by atoms with Gasteiger partial charge in [-0.05, 0) is 19.9 Å². The zero-order valence-corrected chi connectivity index (χ0v) is 6.88. The SMILES string of the molecule is CNC(CCC=O)CCC=O.[HH]. The summed E-state index contributed by atoms with van der Waals surface area (Å²) in [6.45, 7) is 0. The van der Waals surface area contributed by atoms with Gasteiger partial charge in [0.05, 0.1) is 0 Å². The molecule has 0 saturated heterocycles. The van der Waals surface area contributed by atoms with Crippen LogP contribution in [0.25, 0.3) is 0 Å². The quantitative estimate of drug-likeness (QED) is 0.558. The van der Waals surface area contributed by atoms with Crippen molar-refractivity contribution in [2.45, 2.75) is 31.7 Å². The van der Waals surface area contributed by atoms with E-state index in [0.29, 0.717) is 18.9 Å². The molecule has 0 saturated carbocycles. The van der Waals surface area contributed by atoms with E-state index >= 15 is 0 Å². The van der Waals surface area contributed by atoms with Crippen molar-refractivity contribution in [2.75, 3.05) is 7.05 Å². The Morgan fingerprint density at radius 2 is 1.73 bits per heavy atom. The van der Waals surface area contributed by atoms with Crippen molar-refractivity contribution in [3.8, 4) is 0 Å². The van der Waals surface area contributed by atoms with Crippen LogP contribution in [-0.4, -0.2) is 25.7 Å². The van der Waals surface area contributed by atoms with Crippen LogP contribution in [0.15, 0.2) is 0 Å². The highest BCUT2D eigenvalue weighted by Gasteiger charge is 2.03. The summed E-state index contributed by atoms with van der Waals surface area (Å²) in [4.78, 5) is 20.0. The first kappa shape index (κ1) is 10.3. The smallest absolute Gasteiger partial charge is 0.120 e. The van der Waals surface area contributed by atoms with Crippen molar-refractivity contribution in [3.63, 3.8) is 0 Å². The van der Waals surface area contributed by atoms with E-state index in [1.54, 1.807) is 0 Å². The van der Waals surface area contributed by atoms with Crippen LogP contribution in [0.2, 0.25) is 0 Å².